The van der Waals surface area contributed by atoms with Crippen LogP contribution in [-0.4, -0.2) is 97.2 Å². The van der Waals surface area contributed by atoms with Gasteiger partial charge in [0.25, 0.3) is 0 Å². The Morgan fingerprint density at radius 3 is 2.45 bits per heavy atom. The van der Waals surface area contributed by atoms with E-state index in [1.165, 1.54) is 0 Å². The Morgan fingerprint density at radius 2 is 1.76 bits per heavy atom. The Labute approximate surface area is 342 Å². The molecule has 4 heterocycles. The van der Waals surface area contributed by atoms with Crippen molar-refractivity contribution in [3.05, 3.63) is 42.6 Å². The molecule has 1 N–H and O–H groups in total. The predicted octanol–water partition coefficient (Wildman–Crippen LogP) is 5.74. The van der Waals surface area contributed by atoms with E-state index >= 15 is 0 Å². The molecule has 4 fully saturated rings. The molecular formula is C44H60N4O9S. The number of ketones is 1. The van der Waals surface area contributed by atoms with Gasteiger partial charge in [-0.2, -0.15) is 0 Å². The molecule has 7 rings (SSSR count). The maximum atomic E-state index is 15.0. The van der Waals surface area contributed by atoms with Gasteiger partial charge in [0.2, 0.25) is 27.7 Å². The number of pyridine rings is 1. The molecule has 13 nitrogen and oxygen atoms in total. The molecule has 2 saturated carbocycles. The number of nitrogens with zero attached hydrogens (tertiary/aromatic N) is 3. The van der Waals surface area contributed by atoms with Crippen LogP contribution in [0.25, 0.3) is 10.8 Å². The summed E-state index contributed by atoms with van der Waals surface area (Å²) >= 11 is 0. The van der Waals surface area contributed by atoms with E-state index in [-0.39, 0.29) is 55.3 Å². The first-order valence-corrected chi connectivity index (χ1v) is 22.5. The van der Waals surface area contributed by atoms with Gasteiger partial charge in [-0.15, -0.1) is 0 Å². The van der Waals surface area contributed by atoms with E-state index in [9.17, 15) is 27.6 Å². The van der Waals surface area contributed by atoms with Crippen molar-refractivity contribution < 1.29 is 41.8 Å². The number of carbonyl (C=O) groups excluding carboxylic acids is 4. The Kier molecular flexibility index (Phi) is 11.8. The van der Waals surface area contributed by atoms with Crippen LogP contribution in [0.3, 0.4) is 0 Å². The first kappa shape index (κ1) is 42.1. The number of aromatic nitrogens is 1. The van der Waals surface area contributed by atoms with Crippen molar-refractivity contribution in [3.63, 3.8) is 0 Å². The summed E-state index contributed by atoms with van der Waals surface area (Å²) in [7, 11) is -3.95. The molecule has 3 aliphatic heterocycles. The van der Waals surface area contributed by atoms with Gasteiger partial charge < -0.3 is 24.0 Å². The summed E-state index contributed by atoms with van der Waals surface area (Å²) in [6.45, 7) is 13.9. The lowest BCUT2D eigenvalue weighted by molar-refractivity contribution is -0.160. The molecule has 7 atom stereocenters. The summed E-state index contributed by atoms with van der Waals surface area (Å²) in [6.07, 6.45) is 8.39. The van der Waals surface area contributed by atoms with Crippen LogP contribution in [-0.2, 0) is 38.7 Å². The van der Waals surface area contributed by atoms with Crippen molar-refractivity contribution >= 4 is 50.1 Å². The Hall–Kier alpha value is -4.04. The number of hydrogen-bond acceptors (Lipinski definition) is 11. The standard InChI is InChI=1S/C44H60N4O9S/c1-28-11-7-8-12-30-24-44(30,41(52)46-58(53,54)43(6)15-16-43)25-37(49)35-22-31(27-48(35)40(51)34(29(2)21-28)23-38(50)57-42(3,4)5)56-39-33-14-10-9-13-32(33)36(26-45-39)47-17-19-55-20-18-47/h8-10,12-14,26,28-31,34-35H,7,11,15-25,27H2,1-6H3,(H,46,52)/b12-8-/t28-,29-,30-,31-,34+,35+,44-/m1/s1. The minimum absolute atomic E-state index is 0.0683. The topological polar surface area (TPSA) is 162 Å². The largest absolute Gasteiger partial charge is 0.472 e. The average Bonchev–Trinajstić information content (AvgIpc) is 4.05. The van der Waals surface area contributed by atoms with Gasteiger partial charge in [-0.05, 0) is 90.0 Å². The van der Waals surface area contributed by atoms with Gasteiger partial charge >= 0.3 is 5.97 Å². The number of esters is 1. The number of fused-ring (bicyclic) bond motifs is 3. The highest BCUT2D eigenvalue weighted by Crippen LogP contribution is 2.58. The summed E-state index contributed by atoms with van der Waals surface area (Å²) < 4.78 is 45.9. The van der Waals surface area contributed by atoms with Crippen LogP contribution in [0.5, 0.6) is 5.88 Å². The van der Waals surface area contributed by atoms with E-state index in [4.69, 9.17) is 19.2 Å². The number of morpholine rings is 1. The SMILES string of the molecule is C[C@@H]1CC/C=C\[C@@H]2C[C@@]2(C(=O)NS(=O)(=O)C2(C)CC2)CC(=O)[C@@H]2C[C@@H](Oc3ncc(N4CCOCC4)c4ccccc34)CN2C(=O)[C@@H](CC(=O)OC(C)(C)C)[C@H](C)C1. The van der Waals surface area contributed by atoms with Crippen LogP contribution in [0.2, 0.25) is 0 Å². The van der Waals surface area contributed by atoms with Crippen molar-refractivity contribution in [1.29, 1.82) is 0 Å². The van der Waals surface area contributed by atoms with Gasteiger partial charge in [-0.3, -0.25) is 23.9 Å². The zero-order chi connectivity index (χ0) is 41.6. The van der Waals surface area contributed by atoms with Crippen LogP contribution in [0.4, 0.5) is 5.69 Å². The number of Topliss-reactive ketones (excluding diaryl/α,β-unsaturated/α-hetero) is 1. The van der Waals surface area contributed by atoms with Gasteiger partial charge in [0, 0.05) is 36.7 Å². The normalized spacial score (nSPS) is 31.0. The van der Waals surface area contributed by atoms with Crippen molar-refractivity contribution in [2.75, 3.05) is 37.7 Å². The summed E-state index contributed by atoms with van der Waals surface area (Å²) in [6, 6.07) is 6.89. The molecule has 2 amide bonds. The smallest absolute Gasteiger partial charge is 0.307 e. The summed E-state index contributed by atoms with van der Waals surface area (Å²) in [5, 5.41) is 1.76. The van der Waals surface area contributed by atoms with E-state index in [0.29, 0.717) is 44.8 Å². The fourth-order valence-corrected chi connectivity index (χ4v) is 10.4. The van der Waals surface area contributed by atoms with Crippen LogP contribution in [0, 0.1) is 29.1 Å². The number of ether oxygens (including phenoxy) is 3. The number of carbonyl (C=O) groups is 4. The zero-order valence-electron chi connectivity index (χ0n) is 34.8. The summed E-state index contributed by atoms with van der Waals surface area (Å²) in [5.41, 5.74) is -1.04. The van der Waals surface area contributed by atoms with E-state index in [1.807, 2.05) is 43.3 Å². The van der Waals surface area contributed by atoms with Gasteiger partial charge in [0.15, 0.2) is 5.78 Å². The molecule has 1 aromatic heterocycles. The molecule has 0 unspecified atom stereocenters. The first-order valence-electron chi connectivity index (χ1n) is 21.1. The molecule has 316 valence electrons. The molecule has 2 aliphatic carbocycles. The molecule has 0 spiro atoms. The number of sulfonamides is 1. The van der Waals surface area contributed by atoms with Crippen LogP contribution in [0.1, 0.15) is 99.3 Å². The molecule has 2 saturated heterocycles. The Morgan fingerprint density at radius 1 is 1.05 bits per heavy atom. The highest BCUT2D eigenvalue weighted by Gasteiger charge is 2.62. The van der Waals surface area contributed by atoms with E-state index in [0.717, 1.165) is 42.4 Å². The van der Waals surface area contributed by atoms with E-state index in [1.54, 1.807) is 38.8 Å². The second kappa shape index (κ2) is 16.2. The molecule has 14 heteroatoms. The quantitative estimate of drug-likeness (QED) is 0.255. The molecule has 5 aliphatic rings. The average molecular weight is 821 g/mol. The lowest BCUT2D eigenvalue weighted by Gasteiger charge is -2.32. The summed E-state index contributed by atoms with van der Waals surface area (Å²) in [5.74, 6) is -2.54. The van der Waals surface area contributed by atoms with E-state index < -0.39 is 55.7 Å². The molecule has 0 radical (unpaired) electrons. The maximum absolute atomic E-state index is 15.0. The zero-order valence-corrected chi connectivity index (χ0v) is 35.6. The molecule has 58 heavy (non-hydrogen) atoms. The van der Waals surface area contributed by atoms with Crippen molar-refractivity contribution in [1.82, 2.24) is 14.6 Å². The number of anilines is 1. The molecule has 0 bridgehead atoms. The third-order valence-electron chi connectivity index (χ3n) is 13.0. The number of allylic oxidation sites excluding steroid dienone is 2. The lowest BCUT2D eigenvalue weighted by atomic mass is 9.82. The van der Waals surface area contributed by atoms with Gasteiger partial charge in [0.1, 0.15) is 11.7 Å². The maximum Gasteiger partial charge on any atom is 0.307 e. The number of amides is 2. The van der Waals surface area contributed by atoms with Crippen molar-refractivity contribution in [2.45, 2.75) is 122 Å². The lowest BCUT2D eigenvalue weighted by Crippen LogP contribution is -2.48. The molecule has 2 aromatic rings. The van der Waals surface area contributed by atoms with Gasteiger partial charge in [0.05, 0.1) is 60.2 Å². The monoisotopic (exact) mass is 820 g/mol. The number of hydrogen-bond donors (Lipinski definition) is 1. The van der Waals surface area contributed by atoms with Crippen LogP contribution < -0.4 is 14.4 Å². The van der Waals surface area contributed by atoms with Crippen molar-refractivity contribution in [3.8, 4) is 5.88 Å². The molecular weight excluding hydrogens is 761 g/mol. The fourth-order valence-electron chi connectivity index (χ4n) is 9.11. The van der Waals surface area contributed by atoms with Gasteiger partial charge in [-0.1, -0.05) is 44.2 Å². The highest BCUT2D eigenvalue weighted by atomic mass is 32.2. The predicted molar refractivity (Wildman–Crippen MR) is 219 cm³/mol. The van der Waals surface area contributed by atoms with Crippen LogP contribution >= 0.6 is 0 Å². The van der Waals surface area contributed by atoms with Crippen molar-refractivity contribution in [2.24, 2.45) is 29.1 Å². The second-order valence-electron chi connectivity index (χ2n) is 18.8. The van der Waals surface area contributed by atoms with Gasteiger partial charge in [-0.25, -0.2) is 13.4 Å². The van der Waals surface area contributed by atoms with Crippen LogP contribution in [0.15, 0.2) is 42.6 Å². The summed E-state index contributed by atoms with van der Waals surface area (Å²) in [4.78, 5) is 65.7. The Balaban J connectivity index is 1.22. The number of nitrogens with one attached hydrogen (secondary N) is 1. The Bertz CT molecular complexity index is 2050. The third kappa shape index (κ3) is 8.92. The van der Waals surface area contributed by atoms with E-state index in [2.05, 4.69) is 16.5 Å². The third-order valence-corrected chi connectivity index (χ3v) is 15.1. The molecule has 1 aromatic carbocycles. The first-order chi connectivity index (χ1) is 27.4. The minimum Gasteiger partial charge on any atom is -0.472 e. The minimum atomic E-state index is -3.95. The second-order valence-corrected chi connectivity index (χ2v) is 21.0. The fraction of sp³-hybridized carbons (Fsp3) is 0.659. The highest BCUT2D eigenvalue weighted by molar-refractivity contribution is 7.91. The number of rotatable bonds is 8. The number of benzene rings is 1.